The van der Waals surface area contributed by atoms with Gasteiger partial charge < -0.3 is 42.9 Å². The molecule has 0 unspecified atom stereocenters. The third-order valence-corrected chi connectivity index (χ3v) is 2.78. The summed E-state index contributed by atoms with van der Waals surface area (Å²) < 4.78 is 1.02. The van der Waals surface area contributed by atoms with E-state index in [1.54, 1.807) is 0 Å². The maximum absolute atomic E-state index is 11.2. The lowest BCUT2D eigenvalue weighted by molar-refractivity contribution is -0.938. The molecule has 20 heavy (non-hydrogen) atoms. The molecule has 122 valence electrons. The number of nitrogens with two attached hydrogens (primary N) is 2. The summed E-state index contributed by atoms with van der Waals surface area (Å²) in [5.41, 5.74) is 4.24. The number of carbonyl (C=O) groups is 2. The van der Waals surface area contributed by atoms with Gasteiger partial charge in [-0.15, -0.1) is 0 Å². The van der Waals surface area contributed by atoms with Crippen molar-refractivity contribution in [3.8, 4) is 0 Å². The van der Waals surface area contributed by atoms with Crippen LogP contribution in [0.25, 0.3) is 0 Å². The number of nitrogens with zero attached hydrogens (tertiary/aromatic N) is 2. The van der Waals surface area contributed by atoms with Crippen molar-refractivity contribution in [2.75, 3.05) is 54.4 Å². The van der Waals surface area contributed by atoms with Crippen LogP contribution in [-0.4, -0.2) is 75.2 Å². The van der Waals surface area contributed by atoms with E-state index in [2.05, 4.69) is 10.9 Å². The van der Waals surface area contributed by atoms with E-state index in [9.17, 15) is 9.59 Å². The number of carbonyl (C=O) groups excluding carboxylic acids is 2. The average Bonchev–Trinajstić information content (AvgIpc) is 2.25. The van der Waals surface area contributed by atoms with Gasteiger partial charge in [-0.25, -0.2) is 11.7 Å². The number of nitrogens with one attached hydrogen (secondary N) is 2. The zero-order valence-electron chi connectivity index (χ0n) is 12.4. The molecular formula is C10H26Br2N6O2. The van der Waals surface area contributed by atoms with E-state index in [4.69, 9.17) is 11.7 Å². The molecule has 0 radical (unpaired) electrons. The molecule has 0 atom stereocenters. The molecule has 0 aliphatic rings. The highest BCUT2D eigenvalue weighted by Gasteiger charge is 2.26. The van der Waals surface area contributed by atoms with Crippen LogP contribution in [0.15, 0.2) is 0 Å². The molecule has 0 rings (SSSR count). The number of hydrogen-bond donors (Lipinski definition) is 4. The lowest BCUT2D eigenvalue weighted by Gasteiger charge is -2.34. The number of rotatable bonds is 7. The maximum atomic E-state index is 11.2. The summed E-state index contributed by atoms with van der Waals surface area (Å²) in [6.45, 7) is 2.11. The van der Waals surface area contributed by atoms with Gasteiger partial charge in [0.05, 0.1) is 28.2 Å². The van der Waals surface area contributed by atoms with Crippen molar-refractivity contribution >= 4 is 11.8 Å². The first kappa shape index (κ1) is 24.7. The van der Waals surface area contributed by atoms with Crippen molar-refractivity contribution in [3.63, 3.8) is 0 Å². The lowest BCUT2D eigenvalue weighted by atomic mass is 10.3. The van der Waals surface area contributed by atoms with Crippen LogP contribution >= 0.6 is 0 Å². The van der Waals surface area contributed by atoms with Crippen molar-refractivity contribution in [2.45, 2.75) is 0 Å². The standard InChI is InChI=1S/C10H24N6O2.2BrH/c1-15(2,7-9(17)13-11)5-6-16(3,4)8-10(18)14-12;;/h5-8,11-12H2,1-4H3;2*1H. The van der Waals surface area contributed by atoms with Gasteiger partial charge in [0.25, 0.3) is 11.8 Å². The van der Waals surface area contributed by atoms with Crippen LogP contribution < -0.4 is 56.5 Å². The summed E-state index contributed by atoms with van der Waals surface area (Å²) >= 11 is 0. The van der Waals surface area contributed by atoms with Crippen molar-refractivity contribution in [1.82, 2.24) is 10.9 Å². The van der Waals surface area contributed by atoms with Gasteiger partial charge in [0, 0.05) is 0 Å². The molecule has 0 saturated carbocycles. The Morgan fingerprint density at radius 2 is 1.05 bits per heavy atom. The average molecular weight is 422 g/mol. The van der Waals surface area contributed by atoms with Crippen LogP contribution in [0.2, 0.25) is 0 Å². The number of amides is 2. The Balaban J connectivity index is -0.00000144. The Bertz CT molecular complexity index is 282. The quantitative estimate of drug-likeness (QED) is 0.141. The molecule has 10 heteroatoms. The van der Waals surface area contributed by atoms with E-state index < -0.39 is 0 Å². The van der Waals surface area contributed by atoms with Crippen molar-refractivity contribution in [1.29, 1.82) is 0 Å². The second-order valence-electron chi connectivity index (χ2n) is 5.77. The molecule has 0 heterocycles. The molecule has 8 nitrogen and oxygen atoms in total. The predicted molar refractivity (Wildman–Crippen MR) is 68.3 cm³/mol. The van der Waals surface area contributed by atoms with E-state index in [-0.39, 0.29) is 45.8 Å². The molecule has 0 aromatic carbocycles. The highest BCUT2D eigenvalue weighted by molar-refractivity contribution is 5.76. The first-order valence-electron chi connectivity index (χ1n) is 5.75. The molecule has 0 aliphatic heterocycles. The largest absolute Gasteiger partial charge is 1.00 e. The summed E-state index contributed by atoms with van der Waals surface area (Å²) in [5, 5.41) is 0. The van der Waals surface area contributed by atoms with Crippen LogP contribution in [0.4, 0.5) is 0 Å². The molecule has 0 bridgehead atoms. The first-order valence-corrected chi connectivity index (χ1v) is 5.75. The Morgan fingerprint density at radius 3 is 1.25 bits per heavy atom. The minimum absolute atomic E-state index is 0. The monoisotopic (exact) mass is 420 g/mol. The van der Waals surface area contributed by atoms with Crippen molar-refractivity contribution < 1.29 is 52.5 Å². The van der Waals surface area contributed by atoms with Crippen molar-refractivity contribution in [2.24, 2.45) is 11.7 Å². The van der Waals surface area contributed by atoms with Gasteiger partial charge >= 0.3 is 0 Å². The molecule has 0 aromatic rings. The van der Waals surface area contributed by atoms with Crippen LogP contribution in [0.1, 0.15) is 0 Å². The summed E-state index contributed by atoms with van der Waals surface area (Å²) in [6.07, 6.45) is 0. The van der Waals surface area contributed by atoms with Crippen LogP contribution in [-0.2, 0) is 9.59 Å². The molecule has 0 spiro atoms. The molecule has 0 fully saturated rings. The molecule has 6 N–H and O–H groups in total. The smallest absolute Gasteiger partial charge is 0.289 e. The molecule has 0 aliphatic carbocycles. The van der Waals surface area contributed by atoms with E-state index in [0.717, 1.165) is 13.1 Å². The number of hydrogen-bond acceptors (Lipinski definition) is 4. The topological polar surface area (TPSA) is 110 Å². The fourth-order valence-corrected chi connectivity index (χ4v) is 1.57. The Hall–Kier alpha value is -0.260. The Morgan fingerprint density at radius 1 is 0.800 bits per heavy atom. The maximum Gasteiger partial charge on any atom is 0.289 e. The molecule has 0 aromatic heterocycles. The summed E-state index contributed by atoms with van der Waals surface area (Å²) in [7, 11) is 7.77. The zero-order valence-corrected chi connectivity index (χ0v) is 15.6. The van der Waals surface area contributed by atoms with Gasteiger partial charge in [0.1, 0.15) is 13.1 Å². The second-order valence-corrected chi connectivity index (χ2v) is 5.77. The number of hydrazine groups is 2. The molecule has 2 amide bonds. The summed E-state index contributed by atoms with van der Waals surface area (Å²) in [4.78, 5) is 22.5. The minimum atomic E-state index is -0.204. The van der Waals surface area contributed by atoms with Crippen LogP contribution in [0.5, 0.6) is 0 Å². The van der Waals surface area contributed by atoms with Gasteiger partial charge in [0.15, 0.2) is 13.1 Å². The minimum Gasteiger partial charge on any atom is -1.00 e. The highest BCUT2D eigenvalue weighted by atomic mass is 79.9. The third-order valence-electron chi connectivity index (χ3n) is 2.78. The first-order chi connectivity index (χ1) is 8.12. The van der Waals surface area contributed by atoms with E-state index in [0.29, 0.717) is 22.1 Å². The van der Waals surface area contributed by atoms with E-state index in [1.807, 2.05) is 28.2 Å². The molecular weight excluding hydrogens is 396 g/mol. The SMILES string of the molecule is C[N+](C)(CC[N+](C)(C)CC(=O)NN)CC(=O)NN.[Br-].[Br-]. The summed E-state index contributed by atoms with van der Waals surface area (Å²) in [5.74, 6) is 9.72. The Labute approximate surface area is 141 Å². The predicted octanol–water partition coefficient (Wildman–Crippen LogP) is -8.87. The third kappa shape index (κ3) is 11.6. The molecule has 0 saturated heterocycles. The zero-order chi connectivity index (χ0) is 14.4. The van der Waals surface area contributed by atoms with Crippen molar-refractivity contribution in [3.05, 3.63) is 0 Å². The van der Waals surface area contributed by atoms with Gasteiger partial charge in [-0.3, -0.25) is 20.4 Å². The second kappa shape index (κ2) is 10.5. The fraction of sp³-hybridized carbons (Fsp3) is 0.800. The Kier molecular flexibility index (Phi) is 12.9. The number of likely N-dealkylation sites (N-methyl/N-ethyl adjacent to an activating group) is 2. The van der Waals surface area contributed by atoms with Crippen LogP contribution in [0, 0.1) is 0 Å². The lowest BCUT2D eigenvalue weighted by Crippen LogP contribution is -3.00. The fourth-order valence-electron chi connectivity index (χ4n) is 1.57. The van der Waals surface area contributed by atoms with Gasteiger partial charge in [-0.2, -0.15) is 0 Å². The van der Waals surface area contributed by atoms with Gasteiger partial charge in [-0.1, -0.05) is 0 Å². The number of quaternary nitrogens is 2. The highest BCUT2D eigenvalue weighted by Crippen LogP contribution is 2.02. The van der Waals surface area contributed by atoms with E-state index >= 15 is 0 Å². The van der Waals surface area contributed by atoms with E-state index in [1.165, 1.54) is 0 Å². The normalized spacial score (nSPS) is 10.9. The van der Waals surface area contributed by atoms with Gasteiger partial charge in [0.2, 0.25) is 0 Å². The number of halogens is 2. The summed E-state index contributed by atoms with van der Waals surface area (Å²) in [6, 6.07) is 0. The van der Waals surface area contributed by atoms with Gasteiger partial charge in [-0.05, 0) is 0 Å². The van der Waals surface area contributed by atoms with Crippen LogP contribution in [0.3, 0.4) is 0 Å².